The highest BCUT2D eigenvalue weighted by molar-refractivity contribution is 6.18. The third kappa shape index (κ3) is 3.11. The summed E-state index contributed by atoms with van der Waals surface area (Å²) < 4.78 is 4.78. The summed E-state index contributed by atoms with van der Waals surface area (Å²) in [7, 11) is 0. The fourth-order valence-electron chi connectivity index (χ4n) is 0.817. The van der Waals surface area contributed by atoms with Crippen LogP contribution in [-0.4, -0.2) is 18.3 Å². The zero-order chi connectivity index (χ0) is 9.68. The number of alkyl halides is 1. The van der Waals surface area contributed by atoms with Crippen molar-refractivity contribution in [2.24, 2.45) is 5.92 Å². The van der Waals surface area contributed by atoms with Crippen molar-refractivity contribution in [2.45, 2.75) is 6.92 Å². The van der Waals surface area contributed by atoms with E-state index in [-0.39, 0.29) is 11.8 Å². The molecule has 0 spiro atoms. The van der Waals surface area contributed by atoms with Crippen LogP contribution in [0, 0.1) is 5.92 Å². The first-order valence-electron chi connectivity index (χ1n) is 4.10. The number of nitrogens with one attached hydrogen (secondary N) is 1. The monoisotopic (exact) mass is 201 g/mol. The van der Waals surface area contributed by atoms with Gasteiger partial charge in [-0.1, -0.05) is 6.92 Å². The number of rotatable bonds is 4. The second-order valence-electron chi connectivity index (χ2n) is 2.98. The Morgan fingerprint density at radius 2 is 2.54 bits per heavy atom. The van der Waals surface area contributed by atoms with E-state index in [4.69, 9.17) is 16.0 Å². The zero-order valence-corrected chi connectivity index (χ0v) is 8.17. The quantitative estimate of drug-likeness (QED) is 0.756. The molecule has 1 aromatic rings. The average molecular weight is 202 g/mol. The van der Waals surface area contributed by atoms with Gasteiger partial charge in [0.05, 0.1) is 11.8 Å². The van der Waals surface area contributed by atoms with Gasteiger partial charge in [-0.2, -0.15) is 0 Å². The normalized spacial score (nSPS) is 12.5. The minimum Gasteiger partial charge on any atom is -0.472 e. The molecule has 1 rings (SSSR count). The van der Waals surface area contributed by atoms with Crippen molar-refractivity contribution >= 4 is 17.5 Å². The van der Waals surface area contributed by atoms with Gasteiger partial charge in [0, 0.05) is 12.4 Å². The first-order chi connectivity index (χ1) is 6.24. The van der Waals surface area contributed by atoms with Crippen LogP contribution >= 0.6 is 11.6 Å². The Hall–Kier alpha value is -0.960. The van der Waals surface area contributed by atoms with E-state index in [2.05, 4.69) is 5.32 Å². The van der Waals surface area contributed by atoms with Crippen molar-refractivity contribution in [1.82, 2.24) is 5.32 Å². The number of hydrogen-bond donors (Lipinski definition) is 1. The van der Waals surface area contributed by atoms with Gasteiger partial charge >= 0.3 is 0 Å². The number of hydrogen-bond acceptors (Lipinski definition) is 2. The molecule has 1 unspecified atom stereocenters. The lowest BCUT2D eigenvalue weighted by Gasteiger charge is -2.07. The van der Waals surface area contributed by atoms with E-state index in [1.54, 1.807) is 6.07 Å². The molecule has 1 atom stereocenters. The van der Waals surface area contributed by atoms with Gasteiger partial charge < -0.3 is 9.73 Å². The summed E-state index contributed by atoms with van der Waals surface area (Å²) in [6.45, 7) is 2.57. The van der Waals surface area contributed by atoms with Crippen LogP contribution in [0.25, 0.3) is 0 Å². The van der Waals surface area contributed by atoms with Crippen molar-refractivity contribution in [3.63, 3.8) is 0 Å². The van der Waals surface area contributed by atoms with Gasteiger partial charge in [-0.3, -0.25) is 4.79 Å². The summed E-state index contributed by atoms with van der Waals surface area (Å²) in [4.78, 5) is 11.3. The van der Waals surface area contributed by atoms with E-state index in [0.717, 1.165) is 0 Å². The van der Waals surface area contributed by atoms with Crippen LogP contribution in [0.4, 0.5) is 0 Å². The highest BCUT2D eigenvalue weighted by Crippen LogP contribution is 2.00. The predicted molar refractivity (Wildman–Crippen MR) is 50.9 cm³/mol. The number of halogens is 1. The lowest BCUT2D eigenvalue weighted by Crippen LogP contribution is -2.28. The Balaban J connectivity index is 2.35. The van der Waals surface area contributed by atoms with Crippen molar-refractivity contribution in [2.75, 3.05) is 12.4 Å². The van der Waals surface area contributed by atoms with Crippen LogP contribution in [0.15, 0.2) is 23.0 Å². The lowest BCUT2D eigenvalue weighted by molar-refractivity contribution is 0.0948. The summed E-state index contributed by atoms with van der Waals surface area (Å²) in [6.07, 6.45) is 2.89. The van der Waals surface area contributed by atoms with Crippen LogP contribution < -0.4 is 5.32 Å². The molecule has 0 aromatic carbocycles. The summed E-state index contributed by atoms with van der Waals surface area (Å²) in [5.41, 5.74) is 0.543. The summed E-state index contributed by atoms with van der Waals surface area (Å²) >= 11 is 5.59. The van der Waals surface area contributed by atoms with Gasteiger partial charge in [0.25, 0.3) is 5.91 Å². The van der Waals surface area contributed by atoms with Crippen LogP contribution in [-0.2, 0) is 0 Å². The van der Waals surface area contributed by atoms with E-state index in [9.17, 15) is 4.79 Å². The fourth-order valence-corrected chi connectivity index (χ4v) is 0.926. The van der Waals surface area contributed by atoms with Crippen LogP contribution in [0.2, 0.25) is 0 Å². The Morgan fingerprint density at radius 1 is 1.77 bits per heavy atom. The van der Waals surface area contributed by atoms with Crippen molar-refractivity contribution in [1.29, 1.82) is 0 Å². The standard InChI is InChI=1S/C9H12ClNO2/c1-7(4-10)5-11-9(12)8-2-3-13-6-8/h2-3,6-7H,4-5H2,1H3,(H,11,12). The molecule has 1 aromatic heterocycles. The van der Waals surface area contributed by atoms with Gasteiger partial charge in [0.1, 0.15) is 6.26 Å². The Morgan fingerprint density at radius 3 is 3.08 bits per heavy atom. The van der Waals surface area contributed by atoms with Gasteiger partial charge in [-0.15, -0.1) is 11.6 Å². The van der Waals surface area contributed by atoms with Gasteiger partial charge in [-0.05, 0) is 12.0 Å². The smallest absolute Gasteiger partial charge is 0.254 e. The van der Waals surface area contributed by atoms with Crippen LogP contribution in [0.1, 0.15) is 17.3 Å². The maximum absolute atomic E-state index is 11.3. The summed E-state index contributed by atoms with van der Waals surface area (Å²) in [5.74, 6) is 0.717. The number of furan rings is 1. The Labute approximate surface area is 82.1 Å². The molecule has 1 amide bonds. The van der Waals surface area contributed by atoms with Gasteiger partial charge in [0.2, 0.25) is 0 Å². The SMILES string of the molecule is CC(CCl)CNC(=O)c1ccoc1. The number of carbonyl (C=O) groups excluding carboxylic acids is 1. The maximum atomic E-state index is 11.3. The fraction of sp³-hybridized carbons (Fsp3) is 0.444. The lowest BCUT2D eigenvalue weighted by atomic mass is 10.2. The first-order valence-corrected chi connectivity index (χ1v) is 4.64. The van der Waals surface area contributed by atoms with E-state index in [1.165, 1.54) is 12.5 Å². The minimum absolute atomic E-state index is 0.120. The van der Waals surface area contributed by atoms with E-state index in [1.807, 2.05) is 6.92 Å². The van der Waals surface area contributed by atoms with Crippen molar-refractivity contribution in [3.8, 4) is 0 Å². The summed E-state index contributed by atoms with van der Waals surface area (Å²) in [6, 6.07) is 1.63. The molecule has 0 aliphatic heterocycles. The Bertz CT molecular complexity index is 259. The van der Waals surface area contributed by atoms with E-state index < -0.39 is 0 Å². The van der Waals surface area contributed by atoms with Gasteiger partial charge in [-0.25, -0.2) is 0 Å². The topological polar surface area (TPSA) is 42.2 Å². The number of amides is 1. The average Bonchev–Trinajstić information content (AvgIpc) is 2.66. The highest BCUT2D eigenvalue weighted by Gasteiger charge is 2.07. The van der Waals surface area contributed by atoms with Crippen LogP contribution in [0.5, 0.6) is 0 Å². The molecule has 3 nitrogen and oxygen atoms in total. The van der Waals surface area contributed by atoms with Crippen molar-refractivity contribution < 1.29 is 9.21 Å². The van der Waals surface area contributed by atoms with Gasteiger partial charge in [0.15, 0.2) is 0 Å². The molecule has 0 fully saturated rings. The molecule has 0 radical (unpaired) electrons. The molecule has 0 bridgehead atoms. The molecule has 1 heterocycles. The molecule has 0 aliphatic rings. The van der Waals surface area contributed by atoms with Crippen LogP contribution in [0.3, 0.4) is 0 Å². The first kappa shape index (κ1) is 10.1. The molecule has 13 heavy (non-hydrogen) atoms. The highest BCUT2D eigenvalue weighted by atomic mass is 35.5. The molecular formula is C9H12ClNO2. The second-order valence-corrected chi connectivity index (χ2v) is 3.29. The maximum Gasteiger partial charge on any atom is 0.254 e. The molecule has 0 saturated heterocycles. The third-order valence-corrected chi connectivity index (χ3v) is 2.18. The minimum atomic E-state index is -0.120. The van der Waals surface area contributed by atoms with E-state index >= 15 is 0 Å². The zero-order valence-electron chi connectivity index (χ0n) is 7.42. The largest absolute Gasteiger partial charge is 0.472 e. The van der Waals surface area contributed by atoms with E-state index in [0.29, 0.717) is 18.0 Å². The summed E-state index contributed by atoms with van der Waals surface area (Å²) in [5, 5.41) is 2.75. The molecule has 1 N–H and O–H groups in total. The molecule has 4 heteroatoms. The predicted octanol–water partition coefficient (Wildman–Crippen LogP) is 1.88. The Kier molecular flexibility index (Phi) is 3.83. The molecule has 0 aliphatic carbocycles. The number of carbonyl (C=O) groups is 1. The second kappa shape index (κ2) is 4.92. The third-order valence-electron chi connectivity index (χ3n) is 1.66. The van der Waals surface area contributed by atoms with Crippen molar-refractivity contribution in [3.05, 3.63) is 24.2 Å². The molecule has 0 saturated carbocycles. The molecular weight excluding hydrogens is 190 g/mol. The molecule has 72 valence electrons.